The first-order valence-electron chi connectivity index (χ1n) is 6.88. The van der Waals surface area contributed by atoms with E-state index in [0.717, 1.165) is 36.6 Å². The first-order chi connectivity index (χ1) is 9.28. The SMILES string of the molecule is CCc1cc(-c2nc(C3CCCCN3)no2)n(C)n1. The molecule has 19 heavy (non-hydrogen) atoms. The standard InChI is InChI=1S/C13H19N5O/c1-3-9-8-11(18(2)16-9)13-15-12(17-19-13)10-6-4-5-7-14-10/h8,10,14H,3-7H2,1-2H3. The zero-order valence-corrected chi connectivity index (χ0v) is 11.4. The quantitative estimate of drug-likeness (QED) is 0.913. The summed E-state index contributed by atoms with van der Waals surface area (Å²) in [5.74, 6) is 1.31. The molecule has 1 saturated heterocycles. The van der Waals surface area contributed by atoms with E-state index in [1.807, 2.05) is 13.1 Å². The van der Waals surface area contributed by atoms with Crippen LogP contribution in [0.15, 0.2) is 10.6 Å². The molecule has 0 spiro atoms. The van der Waals surface area contributed by atoms with Crippen LogP contribution in [-0.4, -0.2) is 26.5 Å². The molecular formula is C13H19N5O. The van der Waals surface area contributed by atoms with E-state index in [-0.39, 0.29) is 6.04 Å². The van der Waals surface area contributed by atoms with Crippen LogP contribution in [0.5, 0.6) is 0 Å². The first kappa shape index (κ1) is 12.3. The van der Waals surface area contributed by atoms with E-state index in [4.69, 9.17) is 4.52 Å². The van der Waals surface area contributed by atoms with Gasteiger partial charge in [0.1, 0.15) is 5.69 Å². The van der Waals surface area contributed by atoms with Crippen LogP contribution in [-0.2, 0) is 13.5 Å². The summed E-state index contributed by atoms with van der Waals surface area (Å²) in [6, 6.07) is 2.23. The van der Waals surface area contributed by atoms with Gasteiger partial charge in [-0.2, -0.15) is 10.1 Å². The van der Waals surface area contributed by atoms with Gasteiger partial charge in [-0.25, -0.2) is 0 Å². The molecule has 0 amide bonds. The van der Waals surface area contributed by atoms with Crippen molar-refractivity contribution < 1.29 is 4.52 Å². The Labute approximate surface area is 112 Å². The summed E-state index contributed by atoms with van der Waals surface area (Å²) in [6.45, 7) is 3.11. The number of nitrogens with zero attached hydrogens (tertiary/aromatic N) is 4. The summed E-state index contributed by atoms with van der Waals surface area (Å²) < 4.78 is 7.18. The lowest BCUT2D eigenvalue weighted by molar-refractivity contribution is 0.366. The van der Waals surface area contributed by atoms with Crippen molar-refractivity contribution in [3.05, 3.63) is 17.6 Å². The van der Waals surface area contributed by atoms with Gasteiger partial charge in [0.2, 0.25) is 0 Å². The van der Waals surface area contributed by atoms with Gasteiger partial charge in [-0.15, -0.1) is 0 Å². The Kier molecular flexibility index (Phi) is 3.33. The maximum absolute atomic E-state index is 5.38. The van der Waals surface area contributed by atoms with E-state index in [1.54, 1.807) is 4.68 Å². The molecule has 1 unspecified atom stereocenters. The number of hydrogen-bond acceptors (Lipinski definition) is 5. The monoisotopic (exact) mass is 261 g/mol. The lowest BCUT2D eigenvalue weighted by Gasteiger charge is -2.19. The Bertz CT molecular complexity index is 553. The summed E-state index contributed by atoms with van der Waals surface area (Å²) in [6.07, 6.45) is 4.42. The van der Waals surface area contributed by atoms with Crippen molar-refractivity contribution in [2.45, 2.75) is 38.6 Å². The third-order valence-corrected chi connectivity index (χ3v) is 3.58. The molecule has 2 aromatic rings. The van der Waals surface area contributed by atoms with Gasteiger partial charge in [0.25, 0.3) is 5.89 Å². The van der Waals surface area contributed by atoms with Gasteiger partial charge < -0.3 is 9.84 Å². The molecule has 3 rings (SSSR count). The lowest BCUT2D eigenvalue weighted by Crippen LogP contribution is -2.27. The van der Waals surface area contributed by atoms with Crippen molar-refractivity contribution in [1.29, 1.82) is 0 Å². The fraction of sp³-hybridized carbons (Fsp3) is 0.615. The van der Waals surface area contributed by atoms with E-state index in [2.05, 4.69) is 27.5 Å². The number of aromatic nitrogens is 4. The van der Waals surface area contributed by atoms with Gasteiger partial charge in [0.05, 0.1) is 11.7 Å². The van der Waals surface area contributed by atoms with Gasteiger partial charge in [0, 0.05) is 7.05 Å². The summed E-state index contributed by atoms with van der Waals surface area (Å²) in [4.78, 5) is 4.51. The number of aryl methyl sites for hydroxylation is 2. The van der Waals surface area contributed by atoms with Gasteiger partial charge >= 0.3 is 0 Å². The van der Waals surface area contributed by atoms with Crippen molar-refractivity contribution >= 4 is 0 Å². The lowest BCUT2D eigenvalue weighted by atomic mass is 10.0. The number of nitrogens with one attached hydrogen (secondary N) is 1. The molecule has 0 radical (unpaired) electrons. The smallest absolute Gasteiger partial charge is 0.276 e. The molecule has 6 nitrogen and oxygen atoms in total. The van der Waals surface area contributed by atoms with Crippen LogP contribution >= 0.6 is 0 Å². The average Bonchev–Trinajstić information content (AvgIpc) is 3.06. The van der Waals surface area contributed by atoms with Crippen molar-refractivity contribution in [1.82, 2.24) is 25.2 Å². The fourth-order valence-corrected chi connectivity index (χ4v) is 2.45. The maximum atomic E-state index is 5.38. The predicted octanol–water partition coefficient (Wildman–Crippen LogP) is 1.85. The highest BCUT2D eigenvalue weighted by Gasteiger charge is 2.22. The predicted molar refractivity (Wildman–Crippen MR) is 70.5 cm³/mol. The molecular weight excluding hydrogens is 242 g/mol. The minimum Gasteiger partial charge on any atom is -0.332 e. The summed E-state index contributed by atoms with van der Waals surface area (Å²) in [5.41, 5.74) is 1.92. The van der Waals surface area contributed by atoms with Crippen LogP contribution in [0, 0.1) is 0 Å². The van der Waals surface area contributed by atoms with E-state index >= 15 is 0 Å². The van der Waals surface area contributed by atoms with Crippen LogP contribution in [0.25, 0.3) is 11.6 Å². The topological polar surface area (TPSA) is 68.8 Å². The largest absolute Gasteiger partial charge is 0.332 e. The second-order valence-corrected chi connectivity index (χ2v) is 4.96. The Hall–Kier alpha value is -1.69. The Balaban J connectivity index is 1.85. The van der Waals surface area contributed by atoms with Crippen LogP contribution < -0.4 is 5.32 Å². The Morgan fingerprint density at radius 1 is 1.47 bits per heavy atom. The third-order valence-electron chi connectivity index (χ3n) is 3.58. The molecule has 1 atom stereocenters. The highest BCUT2D eigenvalue weighted by Crippen LogP contribution is 2.24. The maximum Gasteiger partial charge on any atom is 0.276 e. The molecule has 0 aliphatic carbocycles. The molecule has 1 aliphatic heterocycles. The Morgan fingerprint density at radius 3 is 3.05 bits per heavy atom. The van der Waals surface area contributed by atoms with Crippen molar-refractivity contribution in [3.8, 4) is 11.6 Å². The number of hydrogen-bond donors (Lipinski definition) is 1. The second-order valence-electron chi connectivity index (χ2n) is 4.96. The zero-order chi connectivity index (χ0) is 13.2. The minimum absolute atomic E-state index is 0.227. The summed E-state index contributed by atoms with van der Waals surface area (Å²) >= 11 is 0. The van der Waals surface area contributed by atoms with Crippen molar-refractivity contribution in [2.75, 3.05) is 6.54 Å². The summed E-state index contributed by atoms with van der Waals surface area (Å²) in [5, 5.41) is 11.9. The highest BCUT2D eigenvalue weighted by atomic mass is 16.5. The van der Waals surface area contributed by atoms with E-state index in [9.17, 15) is 0 Å². The van der Waals surface area contributed by atoms with Gasteiger partial charge in [-0.05, 0) is 31.9 Å². The molecule has 3 heterocycles. The average molecular weight is 261 g/mol. The van der Waals surface area contributed by atoms with Crippen LogP contribution in [0.4, 0.5) is 0 Å². The van der Waals surface area contributed by atoms with Crippen molar-refractivity contribution in [3.63, 3.8) is 0 Å². The van der Waals surface area contributed by atoms with E-state index < -0.39 is 0 Å². The minimum atomic E-state index is 0.227. The molecule has 6 heteroatoms. The molecule has 1 N–H and O–H groups in total. The van der Waals surface area contributed by atoms with E-state index in [0.29, 0.717) is 5.89 Å². The van der Waals surface area contributed by atoms with Gasteiger partial charge in [-0.3, -0.25) is 4.68 Å². The number of rotatable bonds is 3. The molecule has 0 bridgehead atoms. The molecule has 102 valence electrons. The zero-order valence-electron chi connectivity index (χ0n) is 11.4. The Morgan fingerprint density at radius 2 is 2.37 bits per heavy atom. The fourth-order valence-electron chi connectivity index (χ4n) is 2.45. The van der Waals surface area contributed by atoms with Gasteiger partial charge in [0.15, 0.2) is 5.82 Å². The van der Waals surface area contributed by atoms with Crippen molar-refractivity contribution in [2.24, 2.45) is 7.05 Å². The normalized spacial score (nSPS) is 19.8. The highest BCUT2D eigenvalue weighted by molar-refractivity contribution is 5.47. The van der Waals surface area contributed by atoms with E-state index in [1.165, 1.54) is 12.8 Å². The molecule has 2 aromatic heterocycles. The first-order valence-corrected chi connectivity index (χ1v) is 6.88. The van der Waals surface area contributed by atoms with Gasteiger partial charge in [-0.1, -0.05) is 18.5 Å². The van der Waals surface area contributed by atoms with Crippen LogP contribution in [0.3, 0.4) is 0 Å². The molecule has 0 aromatic carbocycles. The second kappa shape index (κ2) is 5.13. The molecule has 0 saturated carbocycles. The molecule has 1 aliphatic rings. The molecule has 1 fully saturated rings. The number of piperidine rings is 1. The summed E-state index contributed by atoms with van der Waals surface area (Å²) in [7, 11) is 1.90. The van der Waals surface area contributed by atoms with Crippen LogP contribution in [0.2, 0.25) is 0 Å². The van der Waals surface area contributed by atoms with Crippen LogP contribution in [0.1, 0.15) is 43.7 Å². The third kappa shape index (κ3) is 2.40.